The number of aromatic nitrogens is 1. The lowest BCUT2D eigenvalue weighted by Gasteiger charge is -2.37. The Morgan fingerprint density at radius 1 is 1.63 bits per heavy atom. The Morgan fingerprint density at radius 3 is 3.16 bits per heavy atom. The molecule has 1 saturated heterocycles. The highest BCUT2D eigenvalue weighted by Crippen LogP contribution is 2.21. The van der Waals surface area contributed by atoms with Crippen LogP contribution in [-0.4, -0.2) is 41.2 Å². The standard InChI is InChI=1S/C13H21N3O2S/c1-4-5-11-8-14-12(19-11)15-13(17)16-6-7-18-10(3)9(16)2/h8-10H,4-7H2,1-3H3,(H,14,15,17)/t9-,10+/m1/s1. The van der Waals surface area contributed by atoms with Crippen LogP contribution in [0.25, 0.3) is 0 Å². The molecule has 5 nitrogen and oxygen atoms in total. The average molecular weight is 283 g/mol. The van der Waals surface area contributed by atoms with Crippen molar-refractivity contribution in [3.63, 3.8) is 0 Å². The molecular weight excluding hydrogens is 262 g/mol. The normalized spacial score (nSPS) is 23.4. The maximum atomic E-state index is 12.2. The number of thiazole rings is 1. The van der Waals surface area contributed by atoms with Crippen LogP contribution in [0.2, 0.25) is 0 Å². The van der Waals surface area contributed by atoms with Crippen molar-refractivity contribution in [3.05, 3.63) is 11.1 Å². The molecule has 0 aliphatic carbocycles. The Labute approximate surface area is 118 Å². The maximum absolute atomic E-state index is 12.2. The summed E-state index contributed by atoms with van der Waals surface area (Å²) in [7, 11) is 0. The van der Waals surface area contributed by atoms with E-state index in [0.29, 0.717) is 18.3 Å². The largest absolute Gasteiger partial charge is 0.375 e. The van der Waals surface area contributed by atoms with Crippen molar-refractivity contribution < 1.29 is 9.53 Å². The van der Waals surface area contributed by atoms with E-state index in [4.69, 9.17) is 4.74 Å². The first kappa shape index (κ1) is 14.3. The summed E-state index contributed by atoms with van der Waals surface area (Å²) in [6.45, 7) is 7.36. The smallest absolute Gasteiger partial charge is 0.324 e. The molecule has 0 bridgehead atoms. The van der Waals surface area contributed by atoms with Gasteiger partial charge in [-0.15, -0.1) is 11.3 Å². The van der Waals surface area contributed by atoms with E-state index in [1.54, 1.807) is 11.3 Å². The lowest BCUT2D eigenvalue weighted by Crippen LogP contribution is -2.52. The fourth-order valence-electron chi connectivity index (χ4n) is 2.11. The van der Waals surface area contributed by atoms with Crippen molar-refractivity contribution in [2.45, 2.75) is 45.8 Å². The van der Waals surface area contributed by atoms with Crippen molar-refractivity contribution in [1.29, 1.82) is 0 Å². The quantitative estimate of drug-likeness (QED) is 0.928. The number of anilines is 1. The van der Waals surface area contributed by atoms with Crippen LogP contribution >= 0.6 is 11.3 Å². The van der Waals surface area contributed by atoms with Crippen LogP contribution < -0.4 is 5.32 Å². The van der Waals surface area contributed by atoms with Gasteiger partial charge in [-0.1, -0.05) is 13.3 Å². The van der Waals surface area contributed by atoms with Crippen LogP contribution in [0, 0.1) is 0 Å². The lowest BCUT2D eigenvalue weighted by molar-refractivity contribution is -0.0355. The molecule has 1 aromatic rings. The summed E-state index contributed by atoms with van der Waals surface area (Å²) in [5.41, 5.74) is 0. The molecule has 106 valence electrons. The number of amides is 2. The van der Waals surface area contributed by atoms with Gasteiger partial charge in [0.1, 0.15) is 0 Å². The second-order valence-corrected chi connectivity index (χ2v) is 5.94. The topological polar surface area (TPSA) is 54.5 Å². The third kappa shape index (κ3) is 3.45. The fourth-order valence-corrected chi connectivity index (χ4v) is 3.01. The van der Waals surface area contributed by atoms with Gasteiger partial charge < -0.3 is 9.64 Å². The molecule has 19 heavy (non-hydrogen) atoms. The van der Waals surface area contributed by atoms with E-state index in [1.165, 1.54) is 4.88 Å². The zero-order chi connectivity index (χ0) is 13.8. The van der Waals surface area contributed by atoms with E-state index in [0.717, 1.165) is 12.8 Å². The van der Waals surface area contributed by atoms with Gasteiger partial charge in [0.05, 0.1) is 18.8 Å². The van der Waals surface area contributed by atoms with Crippen molar-refractivity contribution in [3.8, 4) is 0 Å². The van der Waals surface area contributed by atoms with Gasteiger partial charge in [0.15, 0.2) is 5.13 Å². The molecule has 2 rings (SSSR count). The number of carbonyl (C=O) groups excluding carboxylic acids is 1. The predicted octanol–water partition coefficient (Wildman–Crippen LogP) is 2.74. The molecule has 0 aromatic carbocycles. The first-order valence-corrected chi connectivity index (χ1v) is 7.57. The predicted molar refractivity (Wildman–Crippen MR) is 76.7 cm³/mol. The number of aryl methyl sites for hydroxylation is 1. The Kier molecular flexibility index (Phi) is 4.76. The zero-order valence-corrected chi connectivity index (χ0v) is 12.5. The molecule has 1 N–H and O–H groups in total. The molecule has 2 atom stereocenters. The molecular formula is C13H21N3O2S. The summed E-state index contributed by atoms with van der Waals surface area (Å²) in [5, 5.41) is 3.56. The van der Waals surface area contributed by atoms with Crippen molar-refractivity contribution in [1.82, 2.24) is 9.88 Å². The number of rotatable bonds is 3. The number of nitrogens with one attached hydrogen (secondary N) is 1. The van der Waals surface area contributed by atoms with Crippen LogP contribution in [0.3, 0.4) is 0 Å². The van der Waals surface area contributed by atoms with Gasteiger partial charge in [-0.05, 0) is 20.3 Å². The fraction of sp³-hybridized carbons (Fsp3) is 0.692. The number of ether oxygens (including phenoxy) is 1. The summed E-state index contributed by atoms with van der Waals surface area (Å²) < 4.78 is 5.52. The Hall–Kier alpha value is -1.14. The minimum Gasteiger partial charge on any atom is -0.375 e. The number of urea groups is 1. The van der Waals surface area contributed by atoms with E-state index in [2.05, 4.69) is 17.2 Å². The highest BCUT2D eigenvalue weighted by molar-refractivity contribution is 7.15. The van der Waals surface area contributed by atoms with E-state index < -0.39 is 0 Å². The number of hydrogen-bond donors (Lipinski definition) is 1. The van der Waals surface area contributed by atoms with Crippen LogP contribution in [0.1, 0.15) is 32.1 Å². The Morgan fingerprint density at radius 2 is 2.42 bits per heavy atom. The Bertz CT molecular complexity index is 435. The van der Waals surface area contributed by atoms with Crippen LogP contribution in [-0.2, 0) is 11.2 Å². The first-order chi connectivity index (χ1) is 9.11. The van der Waals surface area contributed by atoms with Crippen molar-refractivity contribution >= 4 is 22.5 Å². The summed E-state index contributed by atoms with van der Waals surface area (Å²) in [5.74, 6) is 0. The highest BCUT2D eigenvalue weighted by atomic mass is 32.1. The van der Waals surface area contributed by atoms with Crippen LogP contribution in [0.15, 0.2) is 6.20 Å². The molecule has 2 amide bonds. The third-order valence-electron chi connectivity index (χ3n) is 3.41. The SMILES string of the molecule is CCCc1cnc(NC(=O)N2CCO[C@@H](C)[C@H]2C)s1. The minimum atomic E-state index is -0.0833. The molecule has 1 aliphatic heterocycles. The molecule has 1 aromatic heterocycles. The molecule has 1 aliphatic rings. The van der Waals surface area contributed by atoms with Gasteiger partial charge in [0.2, 0.25) is 0 Å². The second kappa shape index (κ2) is 6.34. The minimum absolute atomic E-state index is 0.0754. The molecule has 0 saturated carbocycles. The molecule has 6 heteroatoms. The van der Waals surface area contributed by atoms with Crippen molar-refractivity contribution in [2.75, 3.05) is 18.5 Å². The van der Waals surface area contributed by atoms with Gasteiger partial charge in [-0.3, -0.25) is 5.32 Å². The monoisotopic (exact) mass is 283 g/mol. The van der Waals surface area contributed by atoms with Gasteiger partial charge in [0.25, 0.3) is 0 Å². The van der Waals surface area contributed by atoms with Crippen molar-refractivity contribution in [2.24, 2.45) is 0 Å². The Balaban J connectivity index is 1.95. The number of morpholine rings is 1. The number of nitrogens with zero attached hydrogens (tertiary/aromatic N) is 2. The third-order valence-corrected chi connectivity index (χ3v) is 4.38. The summed E-state index contributed by atoms with van der Waals surface area (Å²) in [6.07, 6.45) is 4.02. The first-order valence-electron chi connectivity index (χ1n) is 6.75. The van der Waals surface area contributed by atoms with E-state index in [9.17, 15) is 4.79 Å². The number of hydrogen-bond acceptors (Lipinski definition) is 4. The molecule has 2 heterocycles. The molecule has 0 unspecified atom stereocenters. The van der Waals surface area contributed by atoms with E-state index in [-0.39, 0.29) is 18.2 Å². The average Bonchev–Trinajstić information content (AvgIpc) is 2.80. The molecule has 0 spiro atoms. The van der Waals surface area contributed by atoms with Gasteiger partial charge >= 0.3 is 6.03 Å². The van der Waals surface area contributed by atoms with Crippen LogP contribution in [0.5, 0.6) is 0 Å². The van der Waals surface area contributed by atoms with Gasteiger partial charge in [-0.2, -0.15) is 0 Å². The summed E-state index contributed by atoms with van der Waals surface area (Å²) in [6, 6.07) is 0.00359. The van der Waals surface area contributed by atoms with Gasteiger partial charge in [0, 0.05) is 17.6 Å². The van der Waals surface area contributed by atoms with E-state index >= 15 is 0 Å². The van der Waals surface area contributed by atoms with E-state index in [1.807, 2.05) is 24.9 Å². The highest BCUT2D eigenvalue weighted by Gasteiger charge is 2.29. The summed E-state index contributed by atoms with van der Waals surface area (Å²) in [4.78, 5) is 19.5. The van der Waals surface area contributed by atoms with Gasteiger partial charge in [-0.25, -0.2) is 9.78 Å². The lowest BCUT2D eigenvalue weighted by atomic mass is 10.1. The number of carbonyl (C=O) groups is 1. The van der Waals surface area contributed by atoms with Crippen LogP contribution in [0.4, 0.5) is 9.93 Å². The molecule has 1 fully saturated rings. The zero-order valence-electron chi connectivity index (χ0n) is 11.7. The summed E-state index contributed by atoms with van der Waals surface area (Å²) >= 11 is 1.55. The second-order valence-electron chi connectivity index (χ2n) is 4.82. The maximum Gasteiger partial charge on any atom is 0.324 e. The molecule has 0 radical (unpaired) electrons.